The maximum atomic E-state index is 13.1. The van der Waals surface area contributed by atoms with E-state index < -0.39 is 5.82 Å². The molecular formula is C9H11ClFN3. The lowest BCUT2D eigenvalue weighted by Gasteiger charge is -2.05. The number of hydrogen-bond acceptors (Lipinski definition) is 2. The summed E-state index contributed by atoms with van der Waals surface area (Å²) in [4.78, 5) is 4.05. The number of amidine groups is 1. The van der Waals surface area contributed by atoms with E-state index in [1.54, 1.807) is 6.07 Å². The van der Waals surface area contributed by atoms with Crippen LogP contribution in [-0.2, 0) is 0 Å². The predicted molar refractivity (Wildman–Crippen MR) is 55.8 cm³/mol. The highest BCUT2D eigenvalue weighted by atomic mass is 35.5. The van der Waals surface area contributed by atoms with Gasteiger partial charge in [0.25, 0.3) is 0 Å². The van der Waals surface area contributed by atoms with E-state index >= 15 is 0 Å². The molecule has 1 aromatic carbocycles. The molecule has 0 bridgehead atoms. The molecule has 0 saturated carbocycles. The Hall–Kier alpha value is -1.13. The van der Waals surface area contributed by atoms with Crippen molar-refractivity contribution in [1.82, 2.24) is 5.43 Å². The molecule has 0 aliphatic carbocycles. The number of halogens is 2. The summed E-state index contributed by atoms with van der Waals surface area (Å²) in [5, 5.41) is 0.0848. The highest BCUT2D eigenvalue weighted by Gasteiger charge is 2.05. The first kappa shape index (κ1) is 10.9. The van der Waals surface area contributed by atoms with Crippen LogP contribution >= 0.6 is 11.6 Å². The van der Waals surface area contributed by atoms with Crippen LogP contribution < -0.4 is 11.3 Å². The van der Waals surface area contributed by atoms with E-state index in [2.05, 4.69) is 10.4 Å². The average molecular weight is 216 g/mol. The minimum absolute atomic E-state index is 0.0848. The number of nitrogens with two attached hydrogens (primary N) is 1. The van der Waals surface area contributed by atoms with Crippen molar-refractivity contribution in [3.63, 3.8) is 0 Å². The van der Waals surface area contributed by atoms with Gasteiger partial charge in [0, 0.05) is 12.1 Å². The fraction of sp³-hybridized carbons (Fsp3) is 0.222. The fourth-order valence-corrected chi connectivity index (χ4v) is 1.14. The van der Waals surface area contributed by atoms with Crippen molar-refractivity contribution < 1.29 is 4.39 Å². The molecule has 0 amide bonds. The standard InChI is InChI=1S/C9H11ClFN3/c1-2-13-9(14-12)6-3-4-7(10)8(11)5-6/h3-5H,2,12H2,1H3,(H,13,14). The largest absolute Gasteiger partial charge is 0.308 e. The van der Waals surface area contributed by atoms with Crippen molar-refractivity contribution in [2.45, 2.75) is 6.92 Å². The van der Waals surface area contributed by atoms with E-state index in [0.29, 0.717) is 17.9 Å². The minimum Gasteiger partial charge on any atom is -0.308 e. The van der Waals surface area contributed by atoms with Crippen LogP contribution in [0.2, 0.25) is 5.02 Å². The molecule has 3 N–H and O–H groups in total. The Balaban J connectivity index is 3.06. The summed E-state index contributed by atoms with van der Waals surface area (Å²) in [6.07, 6.45) is 0. The predicted octanol–water partition coefficient (Wildman–Crippen LogP) is 1.71. The molecule has 5 heteroatoms. The van der Waals surface area contributed by atoms with E-state index in [9.17, 15) is 4.39 Å². The molecule has 0 aliphatic heterocycles. The molecular weight excluding hydrogens is 205 g/mol. The molecule has 0 spiro atoms. The van der Waals surface area contributed by atoms with Crippen LogP contribution in [0.15, 0.2) is 23.2 Å². The molecule has 14 heavy (non-hydrogen) atoms. The van der Waals surface area contributed by atoms with Gasteiger partial charge in [0.05, 0.1) is 5.02 Å². The first-order valence-electron chi connectivity index (χ1n) is 4.15. The minimum atomic E-state index is -0.483. The Bertz CT molecular complexity index is 352. The molecule has 0 atom stereocenters. The van der Waals surface area contributed by atoms with Crippen molar-refractivity contribution in [3.8, 4) is 0 Å². The van der Waals surface area contributed by atoms with E-state index in [4.69, 9.17) is 17.4 Å². The zero-order valence-electron chi connectivity index (χ0n) is 7.72. The highest BCUT2D eigenvalue weighted by molar-refractivity contribution is 6.30. The first-order chi connectivity index (χ1) is 6.69. The number of nitrogens with zero attached hydrogens (tertiary/aromatic N) is 1. The Morgan fingerprint density at radius 1 is 1.64 bits per heavy atom. The quantitative estimate of drug-likeness (QED) is 0.342. The van der Waals surface area contributed by atoms with Crippen LogP contribution in [-0.4, -0.2) is 12.4 Å². The van der Waals surface area contributed by atoms with Gasteiger partial charge in [-0.1, -0.05) is 11.6 Å². The second-order valence-electron chi connectivity index (χ2n) is 2.60. The number of benzene rings is 1. The maximum Gasteiger partial charge on any atom is 0.142 e. The fourth-order valence-electron chi connectivity index (χ4n) is 1.02. The van der Waals surface area contributed by atoms with E-state index in [0.717, 1.165) is 0 Å². The van der Waals surface area contributed by atoms with Gasteiger partial charge in [-0.3, -0.25) is 4.99 Å². The summed E-state index contributed by atoms with van der Waals surface area (Å²) in [6, 6.07) is 4.41. The second kappa shape index (κ2) is 4.93. The molecule has 0 radical (unpaired) electrons. The molecule has 0 unspecified atom stereocenters. The van der Waals surface area contributed by atoms with Crippen LogP contribution in [0.3, 0.4) is 0 Å². The lowest BCUT2D eigenvalue weighted by Crippen LogP contribution is -2.31. The van der Waals surface area contributed by atoms with Crippen molar-refractivity contribution in [2.24, 2.45) is 10.8 Å². The zero-order chi connectivity index (χ0) is 10.6. The van der Waals surface area contributed by atoms with Crippen LogP contribution in [0, 0.1) is 5.82 Å². The topological polar surface area (TPSA) is 50.4 Å². The van der Waals surface area contributed by atoms with Crippen molar-refractivity contribution in [1.29, 1.82) is 0 Å². The van der Waals surface area contributed by atoms with Crippen molar-refractivity contribution >= 4 is 17.4 Å². The van der Waals surface area contributed by atoms with Crippen LogP contribution in [0.4, 0.5) is 4.39 Å². The highest BCUT2D eigenvalue weighted by Crippen LogP contribution is 2.15. The van der Waals surface area contributed by atoms with Gasteiger partial charge in [-0.05, 0) is 25.1 Å². The number of hydrogen-bond donors (Lipinski definition) is 2. The third-order valence-corrected chi connectivity index (χ3v) is 1.95. The molecule has 0 aromatic heterocycles. The Labute approximate surface area is 86.8 Å². The molecule has 0 aliphatic rings. The summed E-state index contributed by atoms with van der Waals surface area (Å²) in [7, 11) is 0. The zero-order valence-corrected chi connectivity index (χ0v) is 8.48. The third-order valence-electron chi connectivity index (χ3n) is 1.65. The Morgan fingerprint density at radius 3 is 2.86 bits per heavy atom. The van der Waals surface area contributed by atoms with Gasteiger partial charge in [0.2, 0.25) is 0 Å². The van der Waals surface area contributed by atoms with Crippen LogP contribution in [0.1, 0.15) is 12.5 Å². The van der Waals surface area contributed by atoms with Gasteiger partial charge in [0.1, 0.15) is 11.7 Å². The molecule has 0 heterocycles. The maximum absolute atomic E-state index is 13.1. The van der Waals surface area contributed by atoms with Gasteiger partial charge >= 0.3 is 0 Å². The molecule has 3 nitrogen and oxygen atoms in total. The molecule has 1 aromatic rings. The molecule has 76 valence electrons. The molecule has 1 rings (SSSR count). The van der Waals surface area contributed by atoms with Gasteiger partial charge < -0.3 is 5.43 Å². The second-order valence-corrected chi connectivity index (χ2v) is 3.00. The van der Waals surface area contributed by atoms with E-state index in [-0.39, 0.29) is 5.02 Å². The Morgan fingerprint density at radius 2 is 2.36 bits per heavy atom. The summed E-state index contributed by atoms with van der Waals surface area (Å²) >= 11 is 5.54. The van der Waals surface area contributed by atoms with Crippen molar-refractivity contribution in [2.75, 3.05) is 6.54 Å². The first-order valence-corrected chi connectivity index (χ1v) is 4.53. The summed E-state index contributed by atoms with van der Waals surface area (Å²) in [5.74, 6) is 5.21. The smallest absolute Gasteiger partial charge is 0.142 e. The lowest BCUT2D eigenvalue weighted by atomic mass is 10.2. The lowest BCUT2D eigenvalue weighted by molar-refractivity contribution is 0.628. The van der Waals surface area contributed by atoms with Crippen LogP contribution in [0.25, 0.3) is 0 Å². The van der Waals surface area contributed by atoms with Gasteiger partial charge in [0.15, 0.2) is 0 Å². The number of aliphatic imine (C=N–C) groups is 1. The molecule has 0 fully saturated rings. The normalized spacial score (nSPS) is 11.6. The average Bonchev–Trinajstić information content (AvgIpc) is 2.19. The third kappa shape index (κ3) is 2.43. The van der Waals surface area contributed by atoms with E-state index in [1.165, 1.54) is 12.1 Å². The molecule has 0 saturated heterocycles. The number of nitrogens with one attached hydrogen (secondary N) is 1. The van der Waals surface area contributed by atoms with Gasteiger partial charge in [-0.2, -0.15) is 0 Å². The SMILES string of the molecule is CCN=C(NN)c1ccc(Cl)c(F)c1. The van der Waals surface area contributed by atoms with Gasteiger partial charge in [-0.25, -0.2) is 10.2 Å². The Kier molecular flexibility index (Phi) is 3.85. The summed E-state index contributed by atoms with van der Waals surface area (Å²) < 4.78 is 13.1. The van der Waals surface area contributed by atoms with Crippen LogP contribution in [0.5, 0.6) is 0 Å². The van der Waals surface area contributed by atoms with Gasteiger partial charge in [-0.15, -0.1) is 0 Å². The monoisotopic (exact) mass is 215 g/mol. The number of hydrazine groups is 1. The van der Waals surface area contributed by atoms with E-state index in [1.807, 2.05) is 6.92 Å². The number of rotatable bonds is 2. The summed E-state index contributed by atoms with van der Waals surface area (Å²) in [5.41, 5.74) is 2.99. The summed E-state index contributed by atoms with van der Waals surface area (Å²) in [6.45, 7) is 2.44. The van der Waals surface area contributed by atoms with Crippen molar-refractivity contribution in [3.05, 3.63) is 34.6 Å².